The number of methoxy groups -OCH3 is 1. The van der Waals surface area contributed by atoms with Gasteiger partial charge in [0.15, 0.2) is 5.43 Å². The summed E-state index contributed by atoms with van der Waals surface area (Å²) < 4.78 is 4.97. The number of carbonyl (C=O) groups excluding carboxylic acids is 1. The van der Waals surface area contributed by atoms with Gasteiger partial charge in [-0.25, -0.2) is 0 Å². The quantitative estimate of drug-likeness (QED) is 0.713. The first-order chi connectivity index (χ1) is 9.45. The molecular formula is C13H19N3O3S. The van der Waals surface area contributed by atoms with Crippen molar-refractivity contribution in [1.82, 2.24) is 9.88 Å². The number of nitrogens with zero attached hydrogens (tertiary/aromatic N) is 1. The molecule has 0 unspecified atom stereocenters. The van der Waals surface area contributed by atoms with Crippen LogP contribution in [-0.4, -0.2) is 47.6 Å². The fourth-order valence-corrected chi connectivity index (χ4v) is 1.76. The van der Waals surface area contributed by atoms with Gasteiger partial charge in [-0.1, -0.05) is 12.2 Å². The van der Waals surface area contributed by atoms with Crippen molar-refractivity contribution in [1.29, 1.82) is 0 Å². The van der Waals surface area contributed by atoms with E-state index < -0.39 is 0 Å². The summed E-state index contributed by atoms with van der Waals surface area (Å²) in [6.45, 7) is 2.88. The van der Waals surface area contributed by atoms with Crippen LogP contribution in [-0.2, 0) is 4.74 Å². The lowest BCUT2D eigenvalue weighted by atomic mass is 10.2. The van der Waals surface area contributed by atoms with E-state index >= 15 is 0 Å². The van der Waals surface area contributed by atoms with Gasteiger partial charge in [-0.05, 0) is 6.92 Å². The van der Waals surface area contributed by atoms with Crippen LogP contribution < -0.4 is 11.2 Å². The highest BCUT2D eigenvalue weighted by Gasteiger charge is 2.18. The standard InChI is InChI=1S/C13H19N3O3S/c1-9-7-11(17)10(8-15-9)13(18)16(5-6-19-2)4-3-12(14)20/h7-8H,3-6H2,1-2H3,(H2,14,20)(H,15,17). The fourth-order valence-electron chi connectivity index (χ4n) is 1.67. The molecule has 0 saturated carbocycles. The number of aromatic amines is 1. The first-order valence-electron chi connectivity index (χ1n) is 6.21. The van der Waals surface area contributed by atoms with Gasteiger partial charge in [0, 0.05) is 44.6 Å². The molecular weight excluding hydrogens is 278 g/mol. The normalized spacial score (nSPS) is 10.3. The fraction of sp³-hybridized carbons (Fsp3) is 0.462. The van der Waals surface area contributed by atoms with E-state index in [1.54, 1.807) is 14.0 Å². The summed E-state index contributed by atoms with van der Waals surface area (Å²) in [6, 6.07) is 1.40. The zero-order chi connectivity index (χ0) is 15.1. The Labute approximate surface area is 122 Å². The largest absolute Gasteiger partial charge is 0.393 e. The third kappa shape index (κ3) is 4.75. The van der Waals surface area contributed by atoms with E-state index in [0.29, 0.717) is 36.8 Å². The molecule has 0 radical (unpaired) electrons. The summed E-state index contributed by atoms with van der Waals surface area (Å²) in [7, 11) is 1.55. The van der Waals surface area contributed by atoms with Gasteiger partial charge in [-0.3, -0.25) is 9.59 Å². The monoisotopic (exact) mass is 297 g/mol. The molecule has 0 aromatic carbocycles. The lowest BCUT2D eigenvalue weighted by Crippen LogP contribution is -2.38. The van der Waals surface area contributed by atoms with Gasteiger partial charge in [0.25, 0.3) is 5.91 Å². The van der Waals surface area contributed by atoms with Crippen LogP contribution in [0.3, 0.4) is 0 Å². The van der Waals surface area contributed by atoms with Gasteiger partial charge in [0.1, 0.15) is 5.56 Å². The maximum absolute atomic E-state index is 12.4. The number of pyridine rings is 1. The minimum absolute atomic E-state index is 0.106. The summed E-state index contributed by atoms with van der Waals surface area (Å²) in [4.78, 5) is 28.9. The van der Waals surface area contributed by atoms with Crippen LogP contribution >= 0.6 is 12.2 Å². The first-order valence-corrected chi connectivity index (χ1v) is 6.62. The molecule has 1 heterocycles. The van der Waals surface area contributed by atoms with E-state index in [0.717, 1.165) is 0 Å². The number of aromatic nitrogens is 1. The van der Waals surface area contributed by atoms with Crippen LogP contribution in [0.5, 0.6) is 0 Å². The molecule has 0 aliphatic rings. The lowest BCUT2D eigenvalue weighted by Gasteiger charge is -2.22. The van der Waals surface area contributed by atoms with E-state index in [1.165, 1.54) is 17.2 Å². The molecule has 0 aliphatic heterocycles. The molecule has 1 amide bonds. The SMILES string of the molecule is COCCN(CCC(N)=S)C(=O)c1c[nH]c(C)cc1=O. The topological polar surface area (TPSA) is 88.4 Å². The van der Waals surface area contributed by atoms with Gasteiger partial charge in [-0.2, -0.15) is 0 Å². The highest BCUT2D eigenvalue weighted by Crippen LogP contribution is 2.02. The summed E-state index contributed by atoms with van der Waals surface area (Å²) in [5.74, 6) is -0.348. The van der Waals surface area contributed by atoms with E-state index in [4.69, 9.17) is 22.7 Å². The van der Waals surface area contributed by atoms with Gasteiger partial charge in [0.05, 0.1) is 11.6 Å². The molecule has 6 nitrogen and oxygen atoms in total. The van der Waals surface area contributed by atoms with Gasteiger partial charge >= 0.3 is 0 Å². The van der Waals surface area contributed by atoms with Crippen molar-refractivity contribution >= 4 is 23.1 Å². The van der Waals surface area contributed by atoms with Crippen molar-refractivity contribution in [2.45, 2.75) is 13.3 Å². The number of rotatable bonds is 7. The van der Waals surface area contributed by atoms with Crippen LogP contribution in [0.1, 0.15) is 22.5 Å². The Kier molecular flexibility index (Phi) is 6.33. The van der Waals surface area contributed by atoms with Crippen molar-refractivity contribution in [3.63, 3.8) is 0 Å². The van der Waals surface area contributed by atoms with E-state index in [2.05, 4.69) is 4.98 Å². The van der Waals surface area contributed by atoms with E-state index in [1.807, 2.05) is 0 Å². The Bertz CT molecular complexity index is 542. The average Bonchev–Trinajstić information content (AvgIpc) is 2.38. The predicted octanol–water partition coefficient (Wildman–Crippen LogP) is 0.448. The van der Waals surface area contributed by atoms with Crippen LogP contribution in [0.15, 0.2) is 17.1 Å². The number of ether oxygens (including phenoxy) is 1. The molecule has 0 bridgehead atoms. The van der Waals surface area contributed by atoms with E-state index in [-0.39, 0.29) is 16.9 Å². The van der Waals surface area contributed by atoms with Crippen LogP contribution in [0.2, 0.25) is 0 Å². The van der Waals surface area contributed by atoms with Crippen molar-refractivity contribution in [3.05, 3.63) is 33.7 Å². The molecule has 7 heteroatoms. The summed E-state index contributed by atoms with van der Waals surface area (Å²) >= 11 is 4.81. The number of aryl methyl sites for hydroxylation is 1. The number of nitrogens with two attached hydrogens (primary N) is 1. The summed E-state index contributed by atoms with van der Waals surface area (Å²) in [5.41, 5.74) is 5.96. The molecule has 1 rings (SSSR count). The van der Waals surface area contributed by atoms with Crippen LogP contribution in [0.4, 0.5) is 0 Å². The van der Waals surface area contributed by atoms with Crippen molar-refractivity contribution in [3.8, 4) is 0 Å². The van der Waals surface area contributed by atoms with Gasteiger partial charge < -0.3 is 20.4 Å². The molecule has 110 valence electrons. The molecule has 20 heavy (non-hydrogen) atoms. The maximum Gasteiger partial charge on any atom is 0.259 e. The molecule has 1 aromatic heterocycles. The molecule has 1 aromatic rings. The second-order valence-corrected chi connectivity index (χ2v) is 4.92. The highest BCUT2D eigenvalue weighted by atomic mass is 32.1. The Morgan fingerprint density at radius 1 is 1.50 bits per heavy atom. The third-order valence-electron chi connectivity index (χ3n) is 2.77. The smallest absolute Gasteiger partial charge is 0.259 e. The lowest BCUT2D eigenvalue weighted by molar-refractivity contribution is 0.0699. The minimum Gasteiger partial charge on any atom is -0.393 e. The molecule has 0 spiro atoms. The van der Waals surface area contributed by atoms with Crippen LogP contribution in [0, 0.1) is 6.92 Å². The van der Waals surface area contributed by atoms with Crippen molar-refractivity contribution in [2.75, 3.05) is 26.8 Å². The molecule has 0 fully saturated rings. The number of hydrogen-bond acceptors (Lipinski definition) is 4. The van der Waals surface area contributed by atoms with Crippen LogP contribution in [0.25, 0.3) is 0 Å². The molecule has 0 saturated heterocycles. The predicted molar refractivity (Wildman–Crippen MR) is 81.0 cm³/mol. The third-order valence-corrected chi connectivity index (χ3v) is 2.97. The first kappa shape index (κ1) is 16.3. The number of nitrogens with one attached hydrogen (secondary N) is 1. The zero-order valence-electron chi connectivity index (χ0n) is 11.6. The van der Waals surface area contributed by atoms with Gasteiger partial charge in [-0.15, -0.1) is 0 Å². The van der Waals surface area contributed by atoms with Gasteiger partial charge in [0.2, 0.25) is 0 Å². The number of H-pyrrole nitrogens is 1. The number of hydrogen-bond donors (Lipinski definition) is 2. The van der Waals surface area contributed by atoms with Crippen molar-refractivity contribution in [2.24, 2.45) is 5.73 Å². The highest BCUT2D eigenvalue weighted by molar-refractivity contribution is 7.80. The Morgan fingerprint density at radius 2 is 2.20 bits per heavy atom. The molecule has 0 aliphatic carbocycles. The van der Waals surface area contributed by atoms with Crippen molar-refractivity contribution < 1.29 is 9.53 Å². The Hall–Kier alpha value is -1.73. The Balaban J connectivity index is 2.90. The number of thiocarbonyl (C=S) groups is 1. The number of carbonyl (C=O) groups is 1. The molecule has 3 N–H and O–H groups in total. The number of amides is 1. The maximum atomic E-state index is 12.4. The Morgan fingerprint density at radius 3 is 2.75 bits per heavy atom. The second-order valence-electron chi connectivity index (χ2n) is 4.40. The zero-order valence-corrected chi connectivity index (χ0v) is 12.5. The summed E-state index contributed by atoms with van der Waals surface area (Å²) in [5, 5.41) is 0. The second kappa shape index (κ2) is 7.76. The minimum atomic E-state index is -0.348. The average molecular weight is 297 g/mol. The van der Waals surface area contributed by atoms with E-state index in [9.17, 15) is 9.59 Å². The summed E-state index contributed by atoms with van der Waals surface area (Å²) in [6.07, 6.45) is 1.84. The molecule has 0 atom stereocenters.